The Bertz CT molecular complexity index is 305. The van der Waals surface area contributed by atoms with E-state index in [1.165, 1.54) is 0 Å². The smallest absolute Gasteiger partial charge is 0.102 e. The maximum absolute atomic E-state index is 8.64. The summed E-state index contributed by atoms with van der Waals surface area (Å²) in [4.78, 5) is 0. The second kappa shape index (κ2) is 3.24. The molecule has 0 saturated carbocycles. The molecule has 4 heteroatoms. The monoisotopic (exact) mass is 274 g/mol. The number of nitrogens with two attached hydrogens (primary N) is 1. The Morgan fingerprint density at radius 3 is 2.09 bits per heavy atom. The first-order valence-corrected chi connectivity index (χ1v) is 4.38. The van der Waals surface area contributed by atoms with Gasteiger partial charge in [0.05, 0.1) is 5.56 Å². The number of anilines is 1. The lowest BCUT2D eigenvalue weighted by Gasteiger charge is -1.99. The van der Waals surface area contributed by atoms with Crippen LogP contribution in [0.15, 0.2) is 21.1 Å². The van der Waals surface area contributed by atoms with E-state index in [4.69, 9.17) is 11.0 Å². The van der Waals surface area contributed by atoms with Gasteiger partial charge >= 0.3 is 0 Å². The summed E-state index contributed by atoms with van der Waals surface area (Å²) >= 11 is 6.45. The molecule has 0 atom stereocenters. The topological polar surface area (TPSA) is 49.8 Å². The summed E-state index contributed by atoms with van der Waals surface area (Å²) in [5.41, 5.74) is 6.71. The van der Waals surface area contributed by atoms with Crippen LogP contribution in [-0.2, 0) is 0 Å². The molecule has 0 aliphatic rings. The molecule has 1 aromatic rings. The molecule has 1 rings (SSSR count). The molecule has 0 aliphatic heterocycles. The molecule has 0 heterocycles. The summed E-state index contributed by atoms with van der Waals surface area (Å²) in [6, 6.07) is 5.44. The van der Waals surface area contributed by atoms with Crippen LogP contribution in [0.25, 0.3) is 0 Å². The molecule has 0 aromatic heterocycles. The molecule has 0 spiro atoms. The largest absolute Gasteiger partial charge is 0.399 e. The van der Waals surface area contributed by atoms with Gasteiger partial charge in [0.25, 0.3) is 0 Å². The molecule has 0 bridgehead atoms. The summed E-state index contributed by atoms with van der Waals surface area (Å²) in [5.74, 6) is 0. The van der Waals surface area contributed by atoms with E-state index in [0.29, 0.717) is 20.2 Å². The minimum atomic E-state index is 0.569. The van der Waals surface area contributed by atoms with E-state index < -0.39 is 0 Å². The van der Waals surface area contributed by atoms with Crippen LogP contribution in [0.2, 0.25) is 0 Å². The maximum atomic E-state index is 8.64. The molecule has 2 N–H and O–H groups in total. The van der Waals surface area contributed by atoms with E-state index in [-0.39, 0.29) is 0 Å². The average molecular weight is 276 g/mol. The highest BCUT2D eigenvalue weighted by Gasteiger charge is 2.04. The van der Waals surface area contributed by atoms with E-state index in [0.717, 1.165) is 0 Å². The number of nitriles is 1. The van der Waals surface area contributed by atoms with E-state index in [9.17, 15) is 0 Å². The maximum Gasteiger partial charge on any atom is 0.102 e. The summed E-state index contributed by atoms with van der Waals surface area (Å²) < 4.78 is 1.43. The highest BCUT2D eigenvalue weighted by molar-refractivity contribution is 9.11. The fraction of sp³-hybridized carbons (Fsp3) is 0. The van der Waals surface area contributed by atoms with Crippen molar-refractivity contribution >= 4 is 37.5 Å². The second-order valence-electron chi connectivity index (χ2n) is 1.97. The van der Waals surface area contributed by atoms with Gasteiger partial charge in [-0.2, -0.15) is 5.26 Å². The Hall–Kier alpha value is -0.530. The van der Waals surface area contributed by atoms with Gasteiger partial charge in [0.15, 0.2) is 0 Å². The molecule has 0 saturated heterocycles. The molecule has 1 aromatic carbocycles. The van der Waals surface area contributed by atoms with Crippen LogP contribution < -0.4 is 5.73 Å². The van der Waals surface area contributed by atoms with Crippen LogP contribution in [0.4, 0.5) is 5.69 Å². The number of nitrogens with zero attached hydrogens (tertiary/aromatic N) is 1. The standard InChI is InChI=1S/C7H4Br2N2/c8-6-1-4(11)2-7(9)5(6)3-10/h1-2H,11H2. The van der Waals surface area contributed by atoms with E-state index in [2.05, 4.69) is 31.9 Å². The van der Waals surface area contributed by atoms with Crippen molar-refractivity contribution in [2.75, 3.05) is 5.73 Å². The zero-order chi connectivity index (χ0) is 8.43. The van der Waals surface area contributed by atoms with Crippen LogP contribution in [0, 0.1) is 11.3 Å². The van der Waals surface area contributed by atoms with Crippen LogP contribution in [0.5, 0.6) is 0 Å². The average Bonchev–Trinajstić information content (AvgIpc) is 1.85. The third-order valence-corrected chi connectivity index (χ3v) is 2.43. The van der Waals surface area contributed by atoms with Crippen LogP contribution in [-0.4, -0.2) is 0 Å². The fourth-order valence-corrected chi connectivity index (χ4v) is 2.10. The third-order valence-electron chi connectivity index (χ3n) is 1.18. The predicted molar refractivity (Wildman–Crippen MR) is 51.0 cm³/mol. The minimum Gasteiger partial charge on any atom is -0.399 e. The van der Waals surface area contributed by atoms with Gasteiger partial charge in [0, 0.05) is 14.6 Å². The van der Waals surface area contributed by atoms with Gasteiger partial charge in [0.2, 0.25) is 0 Å². The first-order valence-electron chi connectivity index (χ1n) is 2.79. The molecule has 0 unspecified atom stereocenters. The van der Waals surface area contributed by atoms with Crippen LogP contribution in [0.3, 0.4) is 0 Å². The van der Waals surface area contributed by atoms with Gasteiger partial charge in [-0.15, -0.1) is 0 Å². The first-order chi connectivity index (χ1) is 5.15. The lowest BCUT2D eigenvalue weighted by molar-refractivity contribution is 1.44. The number of hydrogen-bond donors (Lipinski definition) is 1. The molecular formula is C7H4Br2N2. The van der Waals surface area contributed by atoms with Crippen molar-refractivity contribution < 1.29 is 0 Å². The first kappa shape index (κ1) is 8.57. The summed E-state index contributed by atoms with van der Waals surface area (Å²) in [7, 11) is 0. The summed E-state index contributed by atoms with van der Waals surface area (Å²) in [5, 5.41) is 8.64. The molecule has 0 radical (unpaired) electrons. The van der Waals surface area contributed by atoms with Crippen molar-refractivity contribution in [2.24, 2.45) is 0 Å². The van der Waals surface area contributed by atoms with Crippen LogP contribution >= 0.6 is 31.9 Å². The Morgan fingerprint density at radius 2 is 1.73 bits per heavy atom. The molecular weight excluding hydrogens is 272 g/mol. The van der Waals surface area contributed by atoms with Gasteiger partial charge in [-0.05, 0) is 44.0 Å². The van der Waals surface area contributed by atoms with Gasteiger partial charge in [-0.3, -0.25) is 0 Å². The van der Waals surface area contributed by atoms with Crippen LogP contribution in [0.1, 0.15) is 5.56 Å². The second-order valence-corrected chi connectivity index (χ2v) is 3.68. The van der Waals surface area contributed by atoms with E-state index >= 15 is 0 Å². The Morgan fingerprint density at radius 1 is 1.27 bits per heavy atom. The summed E-state index contributed by atoms with van der Waals surface area (Å²) in [6.07, 6.45) is 0. The Labute approximate surface area is 81.3 Å². The number of hydrogen-bond acceptors (Lipinski definition) is 2. The van der Waals surface area contributed by atoms with E-state index in [1.54, 1.807) is 12.1 Å². The minimum absolute atomic E-state index is 0.569. The zero-order valence-electron chi connectivity index (χ0n) is 5.44. The molecule has 0 fully saturated rings. The third kappa shape index (κ3) is 1.73. The molecule has 0 aliphatic carbocycles. The van der Waals surface area contributed by atoms with Crippen molar-refractivity contribution in [3.05, 3.63) is 26.6 Å². The molecule has 56 valence electrons. The Kier molecular flexibility index (Phi) is 2.53. The fourth-order valence-electron chi connectivity index (χ4n) is 0.700. The van der Waals surface area contributed by atoms with Crippen molar-refractivity contribution in [2.45, 2.75) is 0 Å². The lowest BCUT2D eigenvalue weighted by atomic mass is 10.2. The van der Waals surface area contributed by atoms with Crippen molar-refractivity contribution in [3.63, 3.8) is 0 Å². The number of benzene rings is 1. The van der Waals surface area contributed by atoms with Gasteiger partial charge in [-0.1, -0.05) is 0 Å². The highest BCUT2D eigenvalue weighted by atomic mass is 79.9. The van der Waals surface area contributed by atoms with E-state index in [1.807, 2.05) is 6.07 Å². The van der Waals surface area contributed by atoms with Gasteiger partial charge in [-0.25, -0.2) is 0 Å². The normalized spacial score (nSPS) is 9.18. The Balaban J connectivity index is 3.40. The van der Waals surface area contributed by atoms with Gasteiger partial charge in [0.1, 0.15) is 6.07 Å². The van der Waals surface area contributed by atoms with Crippen molar-refractivity contribution in [1.82, 2.24) is 0 Å². The predicted octanol–water partition coefficient (Wildman–Crippen LogP) is 2.67. The SMILES string of the molecule is N#Cc1c(Br)cc(N)cc1Br. The quantitative estimate of drug-likeness (QED) is 0.740. The molecule has 0 amide bonds. The zero-order valence-corrected chi connectivity index (χ0v) is 8.61. The van der Waals surface area contributed by atoms with Crippen molar-refractivity contribution in [3.8, 4) is 6.07 Å². The lowest BCUT2D eigenvalue weighted by Crippen LogP contribution is -1.87. The number of halogens is 2. The van der Waals surface area contributed by atoms with Gasteiger partial charge < -0.3 is 5.73 Å². The molecule has 11 heavy (non-hydrogen) atoms. The number of nitrogen functional groups attached to an aromatic ring is 1. The summed E-state index contributed by atoms with van der Waals surface area (Å²) in [6.45, 7) is 0. The van der Waals surface area contributed by atoms with Crippen molar-refractivity contribution in [1.29, 1.82) is 5.26 Å². The number of rotatable bonds is 0. The highest BCUT2D eigenvalue weighted by Crippen LogP contribution is 2.27. The molecule has 2 nitrogen and oxygen atoms in total.